The Hall–Kier alpha value is -2.68. The molecule has 0 saturated carbocycles. The molecule has 0 spiro atoms. The maximum atomic E-state index is 12.5. The van der Waals surface area contributed by atoms with Crippen molar-refractivity contribution in [1.29, 1.82) is 0 Å². The van der Waals surface area contributed by atoms with Crippen LogP contribution in [0.3, 0.4) is 0 Å². The number of nitrogens with one attached hydrogen (secondary N) is 1. The normalized spacial score (nSPS) is 16.1. The van der Waals surface area contributed by atoms with Crippen molar-refractivity contribution in [3.63, 3.8) is 0 Å². The molecular weight excluding hydrogens is 412 g/mol. The number of nitrogens with zero attached hydrogens (tertiary/aromatic N) is 3. The van der Waals surface area contributed by atoms with E-state index >= 15 is 0 Å². The van der Waals surface area contributed by atoms with Crippen LogP contribution in [0.25, 0.3) is 11.1 Å². The lowest BCUT2D eigenvalue weighted by molar-refractivity contribution is 0.181. The van der Waals surface area contributed by atoms with Crippen LogP contribution in [-0.4, -0.2) is 36.6 Å². The fraction of sp³-hybridized carbons (Fsp3) is 0.200. The summed E-state index contributed by atoms with van der Waals surface area (Å²) in [6.07, 6.45) is 1.15. The van der Waals surface area contributed by atoms with E-state index in [1.165, 1.54) is 0 Å². The summed E-state index contributed by atoms with van der Waals surface area (Å²) in [6, 6.07) is 16.0. The molecule has 1 aliphatic rings. The Balaban J connectivity index is 1.96. The van der Waals surface area contributed by atoms with Gasteiger partial charge in [-0.05, 0) is 23.3 Å². The number of benzene rings is 2. The number of halogens is 1. The molecular formula is C20H19ClN4O3S. The highest BCUT2D eigenvalue weighted by Gasteiger charge is 2.36. The van der Waals surface area contributed by atoms with Crippen LogP contribution in [0, 0.1) is 0 Å². The van der Waals surface area contributed by atoms with Gasteiger partial charge in [-0.15, -0.1) is 0 Å². The van der Waals surface area contributed by atoms with Crippen LogP contribution in [0.2, 0.25) is 5.02 Å². The lowest BCUT2D eigenvalue weighted by Gasteiger charge is -2.25. The molecule has 1 aliphatic heterocycles. The summed E-state index contributed by atoms with van der Waals surface area (Å²) in [6.45, 7) is 0.259. The van der Waals surface area contributed by atoms with E-state index in [-0.39, 0.29) is 11.7 Å². The average Bonchev–Trinajstić information content (AvgIpc) is 3.06. The topological polar surface area (TPSA) is 85.6 Å². The third-order valence-corrected chi connectivity index (χ3v) is 5.97. The predicted octanol–water partition coefficient (Wildman–Crippen LogP) is 3.72. The zero-order valence-corrected chi connectivity index (χ0v) is 17.4. The van der Waals surface area contributed by atoms with Gasteiger partial charge in [0, 0.05) is 18.4 Å². The molecule has 4 rings (SSSR count). The number of aromatic nitrogens is 2. The second kappa shape index (κ2) is 7.62. The van der Waals surface area contributed by atoms with Crippen LogP contribution in [0.4, 0.5) is 5.82 Å². The largest absolute Gasteiger partial charge is 0.378 e. The van der Waals surface area contributed by atoms with Gasteiger partial charge < -0.3 is 4.74 Å². The van der Waals surface area contributed by atoms with E-state index in [1.807, 2.05) is 42.5 Å². The Labute approximate surface area is 173 Å². The summed E-state index contributed by atoms with van der Waals surface area (Å²) in [7, 11) is -1.99. The van der Waals surface area contributed by atoms with Crippen molar-refractivity contribution in [2.45, 2.75) is 12.6 Å². The zero-order chi connectivity index (χ0) is 20.6. The molecule has 9 heteroatoms. The minimum atomic E-state index is -3.57. The summed E-state index contributed by atoms with van der Waals surface area (Å²) in [5.74, 6) is 0.598. The lowest BCUT2D eigenvalue weighted by Crippen LogP contribution is -2.33. The molecule has 1 N–H and O–H groups in total. The van der Waals surface area contributed by atoms with Gasteiger partial charge in [0.2, 0.25) is 0 Å². The predicted molar refractivity (Wildman–Crippen MR) is 114 cm³/mol. The van der Waals surface area contributed by atoms with E-state index in [2.05, 4.69) is 10.5 Å². The molecule has 7 nitrogen and oxygen atoms in total. The number of sulfone groups is 1. The first kappa shape index (κ1) is 19.6. The van der Waals surface area contributed by atoms with Crippen LogP contribution < -0.4 is 5.43 Å². The summed E-state index contributed by atoms with van der Waals surface area (Å²) >= 11 is 6.04. The van der Waals surface area contributed by atoms with Gasteiger partial charge in [-0.2, -0.15) is 10.2 Å². The van der Waals surface area contributed by atoms with Crippen LogP contribution in [0.15, 0.2) is 59.7 Å². The summed E-state index contributed by atoms with van der Waals surface area (Å²) in [4.78, 5) is 0. The number of ether oxygens (including phenoxy) is 1. The SMILES string of the molecule is COCc1nn2c(c1-c1ccc(Cl)cc1)NN=C(S(C)(=O)=O)C2c1ccccc1. The number of fused-ring (bicyclic) bond motifs is 1. The van der Waals surface area contributed by atoms with Crippen molar-refractivity contribution in [3.8, 4) is 11.1 Å². The minimum Gasteiger partial charge on any atom is -0.378 e. The first-order valence-electron chi connectivity index (χ1n) is 8.85. The van der Waals surface area contributed by atoms with Gasteiger partial charge in [-0.25, -0.2) is 13.1 Å². The molecule has 29 heavy (non-hydrogen) atoms. The van der Waals surface area contributed by atoms with Crippen LogP contribution >= 0.6 is 11.6 Å². The molecule has 3 aromatic rings. The van der Waals surface area contributed by atoms with Gasteiger partial charge in [0.05, 0.1) is 17.9 Å². The van der Waals surface area contributed by atoms with Gasteiger partial charge in [0.1, 0.15) is 6.04 Å². The number of anilines is 1. The number of methoxy groups -OCH3 is 1. The van der Waals surface area contributed by atoms with Crippen molar-refractivity contribution < 1.29 is 13.2 Å². The van der Waals surface area contributed by atoms with Crippen LogP contribution in [-0.2, 0) is 21.2 Å². The summed E-state index contributed by atoms with van der Waals surface area (Å²) in [5.41, 5.74) is 6.01. The third kappa shape index (κ3) is 3.66. The first-order valence-corrected chi connectivity index (χ1v) is 11.1. The Kier molecular flexibility index (Phi) is 5.16. The van der Waals surface area contributed by atoms with E-state index in [1.54, 1.807) is 23.9 Å². The molecule has 1 atom stereocenters. The van der Waals surface area contributed by atoms with Gasteiger partial charge in [0.25, 0.3) is 0 Å². The highest BCUT2D eigenvalue weighted by molar-refractivity contribution is 8.05. The summed E-state index contributed by atoms with van der Waals surface area (Å²) in [5, 5.41) is 9.57. The second-order valence-electron chi connectivity index (χ2n) is 6.70. The van der Waals surface area contributed by atoms with E-state index < -0.39 is 15.9 Å². The van der Waals surface area contributed by atoms with Crippen molar-refractivity contribution in [2.24, 2.45) is 5.10 Å². The number of hydrogen-bond donors (Lipinski definition) is 1. The Morgan fingerprint density at radius 2 is 1.83 bits per heavy atom. The molecule has 2 heterocycles. The standard InChI is InChI=1S/C20H19ClN4O3S/c1-28-12-16-17(13-8-10-15(21)11-9-13)19-22-23-20(29(2,26)27)18(25(19)24-16)14-6-4-3-5-7-14/h3-11,18,22H,12H2,1-2H3. The fourth-order valence-corrected chi connectivity index (χ4v) is 4.39. The maximum absolute atomic E-state index is 12.5. The van der Waals surface area contributed by atoms with Crippen LogP contribution in [0.1, 0.15) is 17.3 Å². The van der Waals surface area contributed by atoms with Crippen molar-refractivity contribution >= 4 is 32.3 Å². The molecule has 150 valence electrons. The average molecular weight is 431 g/mol. The summed E-state index contributed by atoms with van der Waals surface area (Å²) < 4.78 is 31.9. The Morgan fingerprint density at radius 1 is 1.14 bits per heavy atom. The quantitative estimate of drug-likeness (QED) is 0.681. The van der Waals surface area contributed by atoms with Crippen molar-refractivity contribution in [1.82, 2.24) is 9.78 Å². The van der Waals surface area contributed by atoms with Crippen molar-refractivity contribution in [3.05, 3.63) is 70.9 Å². The molecule has 0 aliphatic carbocycles. The smallest absolute Gasteiger partial charge is 0.193 e. The van der Waals surface area contributed by atoms with Crippen LogP contribution in [0.5, 0.6) is 0 Å². The second-order valence-corrected chi connectivity index (χ2v) is 9.10. The number of hydrogen-bond acceptors (Lipinski definition) is 6. The van der Waals surface area contributed by atoms with E-state index in [4.69, 9.17) is 21.4 Å². The minimum absolute atomic E-state index is 0.00493. The molecule has 0 fully saturated rings. The van der Waals surface area contributed by atoms with Crippen molar-refractivity contribution in [2.75, 3.05) is 18.8 Å². The molecule has 0 radical (unpaired) electrons. The molecule has 0 saturated heterocycles. The molecule has 2 aromatic carbocycles. The molecule has 0 bridgehead atoms. The van der Waals surface area contributed by atoms with Gasteiger partial charge in [-0.3, -0.25) is 5.43 Å². The van der Waals surface area contributed by atoms with E-state index in [9.17, 15) is 8.42 Å². The van der Waals surface area contributed by atoms with E-state index in [0.29, 0.717) is 16.5 Å². The molecule has 1 unspecified atom stereocenters. The Bertz CT molecular complexity index is 1170. The maximum Gasteiger partial charge on any atom is 0.193 e. The first-order chi connectivity index (χ1) is 13.9. The highest BCUT2D eigenvalue weighted by Crippen LogP contribution is 2.39. The van der Waals surface area contributed by atoms with Gasteiger partial charge in [0.15, 0.2) is 20.7 Å². The molecule has 1 aromatic heterocycles. The fourth-order valence-electron chi connectivity index (χ4n) is 3.41. The zero-order valence-electron chi connectivity index (χ0n) is 15.8. The van der Waals surface area contributed by atoms with E-state index in [0.717, 1.165) is 22.9 Å². The third-order valence-electron chi connectivity index (χ3n) is 4.64. The number of hydrazone groups is 1. The molecule has 0 amide bonds. The monoisotopic (exact) mass is 430 g/mol. The lowest BCUT2D eigenvalue weighted by atomic mass is 10.0. The Morgan fingerprint density at radius 3 is 2.45 bits per heavy atom. The van der Waals surface area contributed by atoms with Gasteiger partial charge >= 0.3 is 0 Å². The van der Waals surface area contributed by atoms with Gasteiger partial charge in [-0.1, -0.05) is 54.1 Å². The highest BCUT2D eigenvalue weighted by atomic mass is 35.5. The number of rotatable bonds is 4.